The van der Waals surface area contributed by atoms with E-state index in [0.29, 0.717) is 75.7 Å². The molecule has 0 radical (unpaired) electrons. The van der Waals surface area contributed by atoms with E-state index in [9.17, 15) is 14.6 Å². The number of ether oxygens (including phenoxy) is 2. The lowest BCUT2D eigenvalue weighted by Gasteiger charge is -2.46. The molecule has 6 aliphatic rings. The Kier molecular flexibility index (Phi) is 8.56. The molecule has 2 unspecified atom stereocenters. The highest BCUT2D eigenvalue weighted by Crippen LogP contribution is 2.47. The number of hydrazine groups is 1. The summed E-state index contributed by atoms with van der Waals surface area (Å²) in [6, 6.07) is 6.48. The summed E-state index contributed by atoms with van der Waals surface area (Å²) in [7, 11) is 0. The van der Waals surface area contributed by atoms with E-state index in [4.69, 9.17) is 31.8 Å². The number of nitroso groups, excluding NO2 is 1. The smallest absolute Gasteiger partial charge is 0.320 e. The molecule has 10 rings (SSSR count). The van der Waals surface area contributed by atoms with Crippen molar-refractivity contribution in [2.24, 2.45) is 11.8 Å². The van der Waals surface area contributed by atoms with Gasteiger partial charge in [0.2, 0.25) is 0 Å². The lowest BCUT2D eigenvalue weighted by Crippen LogP contribution is -2.59. The number of hydrogen-bond donors (Lipinski definition) is 2. The topological polar surface area (TPSA) is 146 Å². The Bertz CT molecular complexity index is 2260. The number of rotatable bonds is 7. The molecule has 288 valence electrons. The van der Waals surface area contributed by atoms with Crippen LogP contribution in [0.1, 0.15) is 50.5 Å². The van der Waals surface area contributed by atoms with Gasteiger partial charge >= 0.3 is 12.2 Å². The first-order valence-corrected chi connectivity index (χ1v) is 20.3. The third kappa shape index (κ3) is 6.05. The number of morpholine rings is 1. The Labute approximate surface area is 323 Å². The first-order valence-electron chi connectivity index (χ1n) is 19.1. The second-order valence-corrected chi connectivity index (χ2v) is 17.4. The molecule has 5 aliphatic heterocycles. The number of halogens is 4. The van der Waals surface area contributed by atoms with Crippen molar-refractivity contribution in [3.63, 3.8) is 0 Å². The second kappa shape index (κ2) is 13.3. The van der Waals surface area contributed by atoms with E-state index in [1.807, 2.05) is 20.9 Å². The summed E-state index contributed by atoms with van der Waals surface area (Å²) < 4.78 is 59.9. The highest BCUT2D eigenvalue weighted by atomic mass is 35.5. The second-order valence-electron chi connectivity index (χ2n) is 15.9. The standard InChI is InChI=1S/C38H40ClF3N9O3S/c39-25-15-23-31(29(42)28(25)22-5-6-26(41)32-27(22)24(16-43)33(44)55-32)46-37(54-36-20-2-1-9-49(36)17-21(40)14-20)47-34(23)48-10-7-38(8-11-48)18-50(12-13-53-38)51(52)35-30(45-35)19-3-4-19/h5-6,15,19-21,30,35-36,45H,1-4,7-14,17-18,44H2/q+1/t20-,21-,30+,35+,36?/m1/s1. The van der Waals surface area contributed by atoms with Crippen LogP contribution in [0.4, 0.5) is 24.0 Å². The van der Waals surface area contributed by atoms with Gasteiger partial charge in [0.1, 0.15) is 58.4 Å². The van der Waals surface area contributed by atoms with Crippen molar-refractivity contribution in [3.05, 3.63) is 45.3 Å². The van der Waals surface area contributed by atoms with Crippen molar-refractivity contribution in [2.75, 3.05) is 56.5 Å². The maximum absolute atomic E-state index is 17.3. The summed E-state index contributed by atoms with van der Waals surface area (Å²) in [5, 5.41) is 15.9. The number of nitrogens with one attached hydrogen (secondary N) is 1. The molecule has 12 nitrogen and oxygen atoms in total. The van der Waals surface area contributed by atoms with Gasteiger partial charge in [-0.15, -0.1) is 16.3 Å². The van der Waals surface area contributed by atoms with Crippen molar-refractivity contribution >= 4 is 54.7 Å². The first-order chi connectivity index (χ1) is 26.6. The number of piperidine rings is 3. The van der Waals surface area contributed by atoms with Crippen LogP contribution < -0.4 is 20.7 Å². The lowest BCUT2D eigenvalue weighted by atomic mass is 9.86. The van der Waals surface area contributed by atoms with Crippen molar-refractivity contribution in [1.29, 1.82) is 5.26 Å². The molecule has 4 aromatic rings. The number of benzene rings is 2. The van der Waals surface area contributed by atoms with Crippen LogP contribution >= 0.6 is 22.9 Å². The number of anilines is 2. The van der Waals surface area contributed by atoms with Crippen LogP contribution in [-0.4, -0.2) is 101 Å². The summed E-state index contributed by atoms with van der Waals surface area (Å²) in [6.45, 7) is 3.34. The summed E-state index contributed by atoms with van der Waals surface area (Å²) in [5.74, 6) is -0.406. The van der Waals surface area contributed by atoms with Gasteiger partial charge < -0.3 is 20.1 Å². The van der Waals surface area contributed by atoms with Gasteiger partial charge in [-0.1, -0.05) is 17.7 Å². The first kappa shape index (κ1) is 35.4. The molecule has 6 fully saturated rings. The number of alkyl halides is 1. The Morgan fingerprint density at radius 2 is 1.96 bits per heavy atom. The molecule has 1 saturated carbocycles. The van der Waals surface area contributed by atoms with E-state index in [-0.39, 0.29) is 73.0 Å². The molecule has 55 heavy (non-hydrogen) atoms. The Balaban J connectivity index is 1.02. The fourth-order valence-electron chi connectivity index (χ4n) is 9.49. The number of nitrogen functional groups attached to an aromatic ring is 1. The third-order valence-electron chi connectivity index (χ3n) is 12.5. The van der Waals surface area contributed by atoms with Crippen molar-refractivity contribution in [2.45, 2.75) is 75.2 Å². The monoisotopic (exact) mass is 794 g/mol. The van der Waals surface area contributed by atoms with Gasteiger partial charge in [-0.25, -0.2) is 18.5 Å². The predicted octanol–water partition coefficient (Wildman–Crippen LogP) is 6.13. The Hall–Kier alpha value is -4.01. The minimum Gasteiger partial charge on any atom is -0.444 e. The normalized spacial score (nSPS) is 28.8. The van der Waals surface area contributed by atoms with E-state index in [2.05, 4.69) is 10.3 Å². The number of thiophene rings is 1. The van der Waals surface area contributed by atoms with Crippen molar-refractivity contribution in [3.8, 4) is 23.2 Å². The van der Waals surface area contributed by atoms with Gasteiger partial charge in [-0.05, 0) is 68.6 Å². The molecule has 2 aromatic carbocycles. The summed E-state index contributed by atoms with van der Waals surface area (Å²) in [6.07, 6.45) is 4.03. The van der Waals surface area contributed by atoms with Crippen molar-refractivity contribution in [1.82, 2.24) is 25.2 Å². The summed E-state index contributed by atoms with van der Waals surface area (Å²) >= 11 is 7.86. The molecule has 0 amide bonds. The van der Waals surface area contributed by atoms with Crippen LogP contribution in [0.5, 0.6) is 6.01 Å². The number of fused-ring (bicyclic) bond motifs is 4. The summed E-state index contributed by atoms with van der Waals surface area (Å²) in [5.41, 5.74) is 5.73. The molecule has 5 saturated heterocycles. The van der Waals surface area contributed by atoms with Crippen LogP contribution in [-0.2, 0) is 4.74 Å². The Morgan fingerprint density at radius 1 is 1.15 bits per heavy atom. The molecule has 7 heterocycles. The molecular formula is C38H40ClF3N9O3S+. The largest absolute Gasteiger partial charge is 0.444 e. The van der Waals surface area contributed by atoms with Gasteiger partial charge in [0, 0.05) is 48.4 Å². The van der Waals surface area contributed by atoms with Crippen LogP contribution in [0.25, 0.3) is 32.1 Å². The Morgan fingerprint density at radius 3 is 2.73 bits per heavy atom. The number of nitriles is 1. The van der Waals surface area contributed by atoms with E-state index in [1.54, 1.807) is 6.07 Å². The number of nitrogens with two attached hydrogens (primary N) is 1. The number of nitrogens with zero attached hydrogens (tertiary/aromatic N) is 7. The maximum atomic E-state index is 17.3. The molecule has 2 aromatic heterocycles. The average Bonchev–Trinajstić information content (AvgIpc) is 4.10. The van der Waals surface area contributed by atoms with Gasteiger partial charge in [-0.3, -0.25) is 4.90 Å². The quantitative estimate of drug-likeness (QED) is 0.165. The molecular weight excluding hydrogens is 755 g/mol. The third-order valence-corrected chi connectivity index (χ3v) is 13.8. The minimum absolute atomic E-state index is 0.0282. The highest BCUT2D eigenvalue weighted by molar-refractivity contribution is 7.23. The van der Waals surface area contributed by atoms with Crippen LogP contribution in [0.15, 0.2) is 18.2 Å². The fraction of sp³-hybridized carbons (Fsp3) is 0.553. The zero-order chi connectivity index (χ0) is 37.7. The maximum Gasteiger partial charge on any atom is 0.320 e. The molecule has 2 bridgehead atoms. The van der Waals surface area contributed by atoms with Crippen molar-refractivity contribution < 1.29 is 27.5 Å². The van der Waals surface area contributed by atoms with Crippen LogP contribution in [0, 0.1) is 39.7 Å². The molecule has 17 heteroatoms. The fourth-order valence-corrected chi connectivity index (χ4v) is 10.7. The summed E-state index contributed by atoms with van der Waals surface area (Å²) in [4.78, 5) is 28.0. The number of hydrogen-bond acceptors (Lipinski definition) is 11. The average molecular weight is 795 g/mol. The lowest BCUT2D eigenvalue weighted by molar-refractivity contribution is -0.727. The highest BCUT2D eigenvalue weighted by Gasteiger charge is 2.60. The zero-order valence-electron chi connectivity index (χ0n) is 29.9. The van der Waals surface area contributed by atoms with Crippen LogP contribution in [0.2, 0.25) is 5.02 Å². The van der Waals surface area contributed by atoms with E-state index in [1.165, 1.54) is 25.0 Å². The van der Waals surface area contributed by atoms with Crippen LogP contribution in [0.3, 0.4) is 0 Å². The van der Waals surface area contributed by atoms with Gasteiger partial charge in [0.05, 0.1) is 32.4 Å². The zero-order valence-corrected chi connectivity index (χ0v) is 31.5. The predicted molar refractivity (Wildman–Crippen MR) is 201 cm³/mol. The van der Waals surface area contributed by atoms with E-state index >= 15 is 8.78 Å². The molecule has 1 spiro atoms. The van der Waals surface area contributed by atoms with Gasteiger partial charge in [-0.2, -0.15) is 15.2 Å². The van der Waals surface area contributed by atoms with Gasteiger partial charge in [0.25, 0.3) is 0 Å². The van der Waals surface area contributed by atoms with Gasteiger partial charge in [0.15, 0.2) is 12.0 Å². The molecule has 3 N–H and O–H groups in total. The molecule has 6 atom stereocenters. The molecule has 1 aliphatic carbocycles. The number of aromatic nitrogens is 2. The van der Waals surface area contributed by atoms with E-state index < -0.39 is 29.6 Å². The van der Waals surface area contributed by atoms with E-state index in [0.717, 1.165) is 29.0 Å². The SMILES string of the molecule is N#Cc1c(N)sc2c(F)ccc(-c3c(Cl)cc4c(N5CCC6(CC5)CN([N+](=O)[C@@H]5N[C@H]5C5CC5)CCO6)nc(OC5[C@@H]6CCCN5C[C@H](F)C6)nc4c3F)c12. The minimum atomic E-state index is -0.954.